The van der Waals surface area contributed by atoms with Gasteiger partial charge in [0.2, 0.25) is 5.91 Å². The number of halogens is 1. The van der Waals surface area contributed by atoms with Gasteiger partial charge in [-0.05, 0) is 37.1 Å². The topological polar surface area (TPSA) is 59.0 Å². The molecule has 0 bridgehead atoms. The quantitative estimate of drug-likeness (QED) is 0.889. The van der Waals surface area contributed by atoms with Crippen LogP contribution >= 0.6 is 0 Å². The van der Waals surface area contributed by atoms with Crippen molar-refractivity contribution in [2.24, 2.45) is 0 Å². The Kier molecular flexibility index (Phi) is 4.48. The molecule has 1 fully saturated rings. The van der Waals surface area contributed by atoms with Gasteiger partial charge in [0, 0.05) is 25.2 Å². The van der Waals surface area contributed by atoms with Crippen LogP contribution in [0.1, 0.15) is 24.4 Å². The standard InChI is InChI=1S/C16H19FN4O/c17-13-4-1-12(2-5-13)3-6-16(22)19-15-8-10-21(20-15)14-7-9-18-11-14/h1-2,4-5,8,10,14,18H,3,6-7,9,11H2,(H,19,20,22). The summed E-state index contributed by atoms with van der Waals surface area (Å²) >= 11 is 0. The van der Waals surface area contributed by atoms with Gasteiger partial charge in [0.15, 0.2) is 5.82 Å². The number of hydrogen-bond donors (Lipinski definition) is 2. The zero-order valence-corrected chi connectivity index (χ0v) is 12.3. The van der Waals surface area contributed by atoms with Crippen molar-refractivity contribution in [3.63, 3.8) is 0 Å². The van der Waals surface area contributed by atoms with E-state index in [0.717, 1.165) is 25.1 Å². The minimum Gasteiger partial charge on any atom is -0.315 e. The first kappa shape index (κ1) is 14.7. The molecule has 2 N–H and O–H groups in total. The van der Waals surface area contributed by atoms with Crippen LogP contribution in [0.2, 0.25) is 0 Å². The average Bonchev–Trinajstić information content (AvgIpc) is 3.17. The van der Waals surface area contributed by atoms with Crippen LogP contribution in [-0.2, 0) is 11.2 Å². The highest BCUT2D eigenvalue weighted by atomic mass is 19.1. The highest BCUT2D eigenvalue weighted by Gasteiger charge is 2.17. The Morgan fingerprint density at radius 3 is 2.91 bits per heavy atom. The Balaban J connectivity index is 1.50. The van der Waals surface area contributed by atoms with Crippen molar-refractivity contribution in [2.75, 3.05) is 18.4 Å². The highest BCUT2D eigenvalue weighted by Crippen LogP contribution is 2.16. The van der Waals surface area contributed by atoms with Crippen molar-refractivity contribution in [2.45, 2.75) is 25.3 Å². The van der Waals surface area contributed by atoms with Crippen molar-refractivity contribution in [3.8, 4) is 0 Å². The lowest BCUT2D eigenvalue weighted by molar-refractivity contribution is -0.116. The van der Waals surface area contributed by atoms with E-state index in [2.05, 4.69) is 15.7 Å². The zero-order chi connectivity index (χ0) is 15.4. The van der Waals surface area contributed by atoms with E-state index in [0.29, 0.717) is 24.7 Å². The molecule has 22 heavy (non-hydrogen) atoms. The number of nitrogens with one attached hydrogen (secondary N) is 2. The van der Waals surface area contributed by atoms with Crippen LogP contribution in [0, 0.1) is 5.82 Å². The smallest absolute Gasteiger partial charge is 0.225 e. The molecular weight excluding hydrogens is 283 g/mol. The molecular formula is C16H19FN4O. The number of carbonyl (C=O) groups excluding carboxylic acids is 1. The van der Waals surface area contributed by atoms with Gasteiger partial charge >= 0.3 is 0 Å². The van der Waals surface area contributed by atoms with Gasteiger partial charge in [-0.15, -0.1) is 0 Å². The predicted octanol–water partition coefficient (Wildman–Crippen LogP) is 2.13. The van der Waals surface area contributed by atoms with Gasteiger partial charge in [-0.2, -0.15) is 5.10 Å². The van der Waals surface area contributed by atoms with E-state index in [1.165, 1.54) is 12.1 Å². The first-order valence-electron chi connectivity index (χ1n) is 7.51. The molecule has 2 heterocycles. The maximum Gasteiger partial charge on any atom is 0.225 e. The second kappa shape index (κ2) is 6.70. The van der Waals surface area contributed by atoms with Gasteiger partial charge in [-0.3, -0.25) is 9.48 Å². The number of hydrogen-bond acceptors (Lipinski definition) is 3. The maximum atomic E-state index is 12.8. The van der Waals surface area contributed by atoms with Crippen LogP contribution in [0.15, 0.2) is 36.5 Å². The largest absolute Gasteiger partial charge is 0.315 e. The van der Waals surface area contributed by atoms with E-state index >= 15 is 0 Å². The first-order chi connectivity index (χ1) is 10.7. The third kappa shape index (κ3) is 3.71. The molecule has 0 aliphatic carbocycles. The van der Waals surface area contributed by atoms with Gasteiger partial charge in [-0.1, -0.05) is 12.1 Å². The van der Waals surface area contributed by atoms with Crippen LogP contribution < -0.4 is 10.6 Å². The SMILES string of the molecule is O=C(CCc1ccc(F)cc1)Nc1ccn(C2CCNC2)n1. The molecule has 1 atom stereocenters. The predicted molar refractivity (Wildman–Crippen MR) is 82.1 cm³/mol. The minimum atomic E-state index is -0.264. The van der Waals surface area contributed by atoms with Gasteiger partial charge in [0.1, 0.15) is 5.82 Å². The summed E-state index contributed by atoms with van der Waals surface area (Å²) in [6.45, 7) is 1.92. The maximum absolute atomic E-state index is 12.8. The normalized spacial score (nSPS) is 17.6. The van der Waals surface area contributed by atoms with E-state index in [1.807, 2.05) is 16.9 Å². The fourth-order valence-corrected chi connectivity index (χ4v) is 2.59. The van der Waals surface area contributed by atoms with Crippen LogP contribution in [0.3, 0.4) is 0 Å². The number of aryl methyl sites for hydroxylation is 1. The summed E-state index contributed by atoms with van der Waals surface area (Å²) in [4.78, 5) is 11.9. The molecule has 3 rings (SSSR count). The number of nitrogens with zero attached hydrogens (tertiary/aromatic N) is 2. The van der Waals surface area contributed by atoms with Crippen molar-refractivity contribution in [1.82, 2.24) is 15.1 Å². The molecule has 1 saturated heterocycles. The van der Waals surface area contributed by atoms with Gasteiger partial charge in [-0.25, -0.2) is 4.39 Å². The first-order valence-corrected chi connectivity index (χ1v) is 7.51. The molecule has 1 aromatic carbocycles. The molecule has 2 aromatic rings. The zero-order valence-electron chi connectivity index (χ0n) is 12.3. The second-order valence-corrected chi connectivity index (χ2v) is 5.50. The number of benzene rings is 1. The summed E-state index contributed by atoms with van der Waals surface area (Å²) < 4.78 is 14.7. The molecule has 1 aromatic heterocycles. The Morgan fingerprint density at radius 1 is 1.36 bits per heavy atom. The molecule has 1 amide bonds. The third-order valence-electron chi connectivity index (χ3n) is 3.84. The summed E-state index contributed by atoms with van der Waals surface area (Å²) in [6.07, 6.45) is 3.88. The van der Waals surface area contributed by atoms with Crippen molar-refractivity contribution in [3.05, 3.63) is 47.9 Å². The number of anilines is 1. The average molecular weight is 302 g/mol. The molecule has 0 radical (unpaired) electrons. The summed E-state index contributed by atoms with van der Waals surface area (Å²) in [5.41, 5.74) is 0.944. The Bertz CT molecular complexity index is 632. The van der Waals surface area contributed by atoms with Crippen LogP contribution in [-0.4, -0.2) is 28.8 Å². The van der Waals surface area contributed by atoms with Crippen molar-refractivity contribution < 1.29 is 9.18 Å². The Hall–Kier alpha value is -2.21. The van der Waals surface area contributed by atoms with Crippen LogP contribution in [0.4, 0.5) is 10.2 Å². The molecule has 0 spiro atoms. The van der Waals surface area contributed by atoms with E-state index < -0.39 is 0 Å². The molecule has 116 valence electrons. The van der Waals surface area contributed by atoms with E-state index in [-0.39, 0.29) is 11.7 Å². The Labute approximate surface area is 128 Å². The summed E-state index contributed by atoms with van der Waals surface area (Å²) in [6, 6.07) is 8.39. The monoisotopic (exact) mass is 302 g/mol. The molecule has 0 saturated carbocycles. The minimum absolute atomic E-state index is 0.0841. The summed E-state index contributed by atoms with van der Waals surface area (Å²) in [5.74, 6) is 0.232. The Morgan fingerprint density at radius 2 is 2.18 bits per heavy atom. The third-order valence-corrected chi connectivity index (χ3v) is 3.84. The number of rotatable bonds is 5. The van der Waals surface area contributed by atoms with Crippen LogP contribution in [0.25, 0.3) is 0 Å². The lowest BCUT2D eigenvalue weighted by Crippen LogP contribution is -2.16. The second-order valence-electron chi connectivity index (χ2n) is 5.50. The van der Waals surface area contributed by atoms with Crippen molar-refractivity contribution >= 4 is 11.7 Å². The molecule has 1 unspecified atom stereocenters. The lowest BCUT2D eigenvalue weighted by atomic mass is 10.1. The van der Waals surface area contributed by atoms with E-state index in [9.17, 15) is 9.18 Å². The number of carbonyl (C=O) groups is 1. The summed E-state index contributed by atoms with van der Waals surface area (Å²) in [7, 11) is 0. The number of amides is 1. The van der Waals surface area contributed by atoms with E-state index in [4.69, 9.17) is 0 Å². The van der Waals surface area contributed by atoms with E-state index in [1.54, 1.807) is 12.1 Å². The van der Waals surface area contributed by atoms with Crippen molar-refractivity contribution in [1.29, 1.82) is 0 Å². The summed E-state index contributed by atoms with van der Waals surface area (Å²) in [5, 5.41) is 10.5. The lowest BCUT2D eigenvalue weighted by Gasteiger charge is -2.08. The molecule has 5 nitrogen and oxygen atoms in total. The van der Waals surface area contributed by atoms with Crippen LogP contribution in [0.5, 0.6) is 0 Å². The molecule has 1 aliphatic rings. The highest BCUT2D eigenvalue weighted by molar-refractivity contribution is 5.89. The fraction of sp³-hybridized carbons (Fsp3) is 0.375. The number of aromatic nitrogens is 2. The molecule has 1 aliphatic heterocycles. The van der Waals surface area contributed by atoms with Gasteiger partial charge < -0.3 is 10.6 Å². The van der Waals surface area contributed by atoms with Gasteiger partial charge in [0.25, 0.3) is 0 Å². The van der Waals surface area contributed by atoms with Gasteiger partial charge in [0.05, 0.1) is 6.04 Å². The molecule has 6 heteroatoms. The fourth-order valence-electron chi connectivity index (χ4n) is 2.59.